The number of nitrogens with two attached hydrogens (primary N) is 1. The van der Waals surface area contributed by atoms with Crippen LogP contribution in [-0.4, -0.2) is 36.6 Å². The fraction of sp³-hybridized carbons (Fsp3) is 0.889. The molecule has 0 saturated carbocycles. The number of urea groups is 1. The van der Waals surface area contributed by atoms with Crippen LogP contribution in [0.1, 0.15) is 26.2 Å². The second kappa shape index (κ2) is 5.07. The smallest absolute Gasteiger partial charge is 0.317 e. The molecule has 76 valence electrons. The Kier molecular flexibility index (Phi) is 4.02. The zero-order valence-corrected chi connectivity index (χ0v) is 8.25. The van der Waals surface area contributed by atoms with E-state index in [0.717, 1.165) is 32.4 Å². The normalized spacial score (nSPS) is 19.8. The monoisotopic (exact) mass is 185 g/mol. The van der Waals surface area contributed by atoms with Crippen LogP contribution in [0.2, 0.25) is 0 Å². The highest BCUT2D eigenvalue weighted by Gasteiger charge is 2.23. The molecule has 1 unspecified atom stereocenters. The quantitative estimate of drug-likeness (QED) is 0.671. The van der Waals surface area contributed by atoms with E-state index >= 15 is 0 Å². The second-order valence-corrected chi connectivity index (χ2v) is 3.42. The third-order valence-electron chi connectivity index (χ3n) is 2.52. The molecule has 0 spiro atoms. The minimum Gasteiger partial charge on any atom is -0.338 e. The molecule has 3 N–H and O–H groups in total. The minimum atomic E-state index is 0.0755. The van der Waals surface area contributed by atoms with Crippen LogP contribution in [0.4, 0.5) is 4.79 Å². The van der Waals surface area contributed by atoms with Crippen LogP contribution >= 0.6 is 0 Å². The Morgan fingerprint density at radius 1 is 1.69 bits per heavy atom. The van der Waals surface area contributed by atoms with Crippen LogP contribution < -0.4 is 11.1 Å². The highest BCUT2D eigenvalue weighted by atomic mass is 16.2. The van der Waals surface area contributed by atoms with Gasteiger partial charge in [0.25, 0.3) is 0 Å². The van der Waals surface area contributed by atoms with Crippen LogP contribution in [-0.2, 0) is 0 Å². The van der Waals surface area contributed by atoms with Crippen LogP contribution in [0.5, 0.6) is 0 Å². The van der Waals surface area contributed by atoms with Crippen molar-refractivity contribution in [3.63, 3.8) is 0 Å². The minimum absolute atomic E-state index is 0.0755. The third kappa shape index (κ3) is 2.59. The zero-order valence-electron chi connectivity index (χ0n) is 8.25. The SMILES string of the molecule is CCC(CCN)N1CCCNC1=O. The van der Waals surface area contributed by atoms with Crippen molar-refractivity contribution in [1.82, 2.24) is 10.2 Å². The summed E-state index contributed by atoms with van der Waals surface area (Å²) < 4.78 is 0. The van der Waals surface area contributed by atoms with E-state index in [4.69, 9.17) is 5.73 Å². The number of hydrogen-bond acceptors (Lipinski definition) is 2. The summed E-state index contributed by atoms with van der Waals surface area (Å²) in [6.45, 7) is 4.45. The summed E-state index contributed by atoms with van der Waals surface area (Å²) in [5, 5.41) is 2.85. The molecular formula is C9H19N3O. The highest BCUT2D eigenvalue weighted by Crippen LogP contribution is 2.11. The fourth-order valence-electron chi connectivity index (χ4n) is 1.77. The van der Waals surface area contributed by atoms with E-state index in [1.165, 1.54) is 0 Å². The summed E-state index contributed by atoms with van der Waals surface area (Å²) in [6.07, 6.45) is 2.95. The standard InChI is InChI=1S/C9H19N3O/c1-2-8(4-5-10)12-7-3-6-11-9(12)13/h8H,2-7,10H2,1H3,(H,11,13). The highest BCUT2D eigenvalue weighted by molar-refractivity contribution is 5.75. The van der Waals surface area contributed by atoms with Crippen molar-refractivity contribution in [3.8, 4) is 0 Å². The van der Waals surface area contributed by atoms with E-state index in [-0.39, 0.29) is 6.03 Å². The van der Waals surface area contributed by atoms with E-state index < -0.39 is 0 Å². The lowest BCUT2D eigenvalue weighted by Crippen LogP contribution is -2.51. The molecule has 2 amide bonds. The Balaban J connectivity index is 2.49. The van der Waals surface area contributed by atoms with Gasteiger partial charge in [0.1, 0.15) is 0 Å². The molecule has 0 aliphatic carbocycles. The first-order chi connectivity index (χ1) is 6.29. The number of nitrogens with zero attached hydrogens (tertiary/aromatic N) is 1. The van der Waals surface area contributed by atoms with Gasteiger partial charge in [-0.1, -0.05) is 6.92 Å². The molecule has 1 rings (SSSR count). The first-order valence-electron chi connectivity index (χ1n) is 5.04. The molecule has 13 heavy (non-hydrogen) atoms. The summed E-state index contributed by atoms with van der Waals surface area (Å²) >= 11 is 0. The number of rotatable bonds is 4. The Bertz CT molecular complexity index is 172. The largest absolute Gasteiger partial charge is 0.338 e. The molecule has 1 atom stereocenters. The molecule has 1 heterocycles. The predicted octanol–water partition coefficient (Wildman–Crippen LogP) is 0.529. The van der Waals surface area contributed by atoms with Gasteiger partial charge in [-0.2, -0.15) is 0 Å². The number of hydrogen-bond donors (Lipinski definition) is 2. The zero-order chi connectivity index (χ0) is 9.68. The maximum absolute atomic E-state index is 11.4. The second-order valence-electron chi connectivity index (χ2n) is 3.42. The van der Waals surface area contributed by atoms with Crippen molar-refractivity contribution >= 4 is 6.03 Å². The van der Waals surface area contributed by atoms with Crippen molar-refractivity contribution in [2.75, 3.05) is 19.6 Å². The lowest BCUT2D eigenvalue weighted by atomic mass is 10.1. The molecule has 0 aromatic carbocycles. The Hall–Kier alpha value is -0.770. The number of amides is 2. The molecule has 1 aliphatic rings. The average molecular weight is 185 g/mol. The van der Waals surface area contributed by atoms with Gasteiger partial charge >= 0.3 is 6.03 Å². The van der Waals surface area contributed by atoms with Crippen LogP contribution in [0.15, 0.2) is 0 Å². The third-order valence-corrected chi connectivity index (χ3v) is 2.52. The summed E-state index contributed by atoms with van der Waals surface area (Å²) in [5.41, 5.74) is 5.50. The van der Waals surface area contributed by atoms with E-state index in [0.29, 0.717) is 12.6 Å². The molecular weight excluding hydrogens is 166 g/mol. The first-order valence-corrected chi connectivity index (χ1v) is 5.04. The number of carbonyl (C=O) groups excluding carboxylic acids is 1. The Morgan fingerprint density at radius 2 is 2.46 bits per heavy atom. The maximum Gasteiger partial charge on any atom is 0.317 e. The molecule has 4 heteroatoms. The average Bonchev–Trinajstić information content (AvgIpc) is 2.16. The molecule has 1 saturated heterocycles. The van der Waals surface area contributed by atoms with Crippen LogP contribution in [0, 0.1) is 0 Å². The lowest BCUT2D eigenvalue weighted by Gasteiger charge is -2.34. The van der Waals surface area contributed by atoms with Crippen molar-refractivity contribution in [1.29, 1.82) is 0 Å². The summed E-state index contributed by atoms with van der Waals surface area (Å²) in [6, 6.07) is 0.400. The van der Waals surface area contributed by atoms with E-state index in [1.807, 2.05) is 4.90 Å². The van der Waals surface area contributed by atoms with Crippen molar-refractivity contribution < 1.29 is 4.79 Å². The van der Waals surface area contributed by atoms with Gasteiger partial charge in [0.2, 0.25) is 0 Å². The summed E-state index contributed by atoms with van der Waals surface area (Å²) in [5.74, 6) is 0. The molecule has 0 aromatic heterocycles. The molecule has 0 aromatic rings. The first kappa shape index (κ1) is 10.3. The fourth-order valence-corrected chi connectivity index (χ4v) is 1.77. The van der Waals surface area contributed by atoms with Crippen molar-refractivity contribution in [2.45, 2.75) is 32.2 Å². The maximum atomic E-state index is 11.4. The van der Waals surface area contributed by atoms with Crippen LogP contribution in [0.25, 0.3) is 0 Å². The summed E-state index contributed by atoms with van der Waals surface area (Å²) in [4.78, 5) is 13.4. The van der Waals surface area contributed by atoms with Gasteiger partial charge in [-0.05, 0) is 25.8 Å². The summed E-state index contributed by atoms with van der Waals surface area (Å²) in [7, 11) is 0. The Labute approximate surface area is 79.5 Å². The van der Waals surface area contributed by atoms with Gasteiger partial charge in [-0.3, -0.25) is 0 Å². The lowest BCUT2D eigenvalue weighted by molar-refractivity contribution is 0.156. The van der Waals surface area contributed by atoms with Gasteiger partial charge in [-0.15, -0.1) is 0 Å². The van der Waals surface area contributed by atoms with Gasteiger partial charge in [-0.25, -0.2) is 4.79 Å². The molecule has 4 nitrogen and oxygen atoms in total. The molecule has 1 fully saturated rings. The molecule has 0 radical (unpaired) electrons. The molecule has 1 aliphatic heterocycles. The Morgan fingerprint density at radius 3 is 3.00 bits per heavy atom. The van der Waals surface area contributed by atoms with E-state index in [9.17, 15) is 4.79 Å². The van der Waals surface area contributed by atoms with Gasteiger partial charge in [0.15, 0.2) is 0 Å². The van der Waals surface area contributed by atoms with Crippen LogP contribution in [0.3, 0.4) is 0 Å². The van der Waals surface area contributed by atoms with Gasteiger partial charge < -0.3 is 16.0 Å². The topological polar surface area (TPSA) is 58.4 Å². The van der Waals surface area contributed by atoms with Gasteiger partial charge in [0, 0.05) is 19.1 Å². The number of carbonyl (C=O) groups is 1. The van der Waals surface area contributed by atoms with E-state index in [1.54, 1.807) is 0 Å². The molecule has 0 bridgehead atoms. The van der Waals surface area contributed by atoms with Crippen molar-refractivity contribution in [2.24, 2.45) is 5.73 Å². The predicted molar refractivity (Wildman–Crippen MR) is 52.5 cm³/mol. The van der Waals surface area contributed by atoms with E-state index in [2.05, 4.69) is 12.2 Å². The van der Waals surface area contributed by atoms with Gasteiger partial charge in [0.05, 0.1) is 0 Å². The number of nitrogens with one attached hydrogen (secondary N) is 1. The van der Waals surface area contributed by atoms with Crippen molar-refractivity contribution in [3.05, 3.63) is 0 Å².